The SMILES string of the molecule is CC/C(=C\C(C)C)C(C)C(C)NC. The van der Waals surface area contributed by atoms with Crippen LogP contribution in [0.5, 0.6) is 0 Å². The first-order valence-corrected chi connectivity index (χ1v) is 5.40. The molecule has 0 aliphatic rings. The lowest BCUT2D eigenvalue weighted by Gasteiger charge is -2.22. The van der Waals surface area contributed by atoms with Gasteiger partial charge in [0.25, 0.3) is 0 Å². The standard InChI is InChI=1S/C12H25N/c1-7-12(8-9(2)3)10(4)11(5)13-6/h8-11,13H,7H2,1-6H3/b12-8+. The normalized spacial score (nSPS) is 17.6. The molecule has 0 fully saturated rings. The Morgan fingerprint density at radius 2 is 1.77 bits per heavy atom. The van der Waals surface area contributed by atoms with Gasteiger partial charge in [-0.2, -0.15) is 0 Å². The van der Waals surface area contributed by atoms with Crippen molar-refractivity contribution < 1.29 is 0 Å². The maximum absolute atomic E-state index is 3.31. The second kappa shape index (κ2) is 6.20. The summed E-state index contributed by atoms with van der Waals surface area (Å²) in [6, 6.07) is 0.574. The van der Waals surface area contributed by atoms with Crippen LogP contribution in [0.2, 0.25) is 0 Å². The smallest absolute Gasteiger partial charge is 0.00985 e. The Labute approximate surface area is 83.6 Å². The lowest BCUT2D eigenvalue weighted by Crippen LogP contribution is -2.29. The Bertz CT molecular complexity index is 159. The van der Waals surface area contributed by atoms with E-state index in [4.69, 9.17) is 0 Å². The molecule has 0 bridgehead atoms. The van der Waals surface area contributed by atoms with Gasteiger partial charge in [0, 0.05) is 6.04 Å². The minimum absolute atomic E-state index is 0.574. The minimum atomic E-state index is 0.574. The molecule has 0 aromatic rings. The summed E-state index contributed by atoms with van der Waals surface area (Å²) in [5.74, 6) is 1.32. The maximum atomic E-state index is 3.31. The summed E-state index contributed by atoms with van der Waals surface area (Å²) in [5.41, 5.74) is 1.58. The maximum Gasteiger partial charge on any atom is 0.00985 e. The van der Waals surface area contributed by atoms with Crippen molar-refractivity contribution >= 4 is 0 Å². The highest BCUT2D eigenvalue weighted by atomic mass is 14.9. The molecule has 2 atom stereocenters. The van der Waals surface area contributed by atoms with Crippen LogP contribution in [0, 0.1) is 11.8 Å². The predicted molar refractivity (Wildman–Crippen MR) is 60.9 cm³/mol. The fourth-order valence-corrected chi connectivity index (χ4v) is 1.59. The molecule has 0 aliphatic heterocycles. The number of hydrogen-bond acceptors (Lipinski definition) is 1. The molecule has 0 heterocycles. The zero-order valence-electron chi connectivity index (χ0n) is 10.0. The van der Waals surface area contributed by atoms with Crippen LogP contribution in [0.3, 0.4) is 0 Å². The van der Waals surface area contributed by atoms with Crippen molar-refractivity contribution in [3.8, 4) is 0 Å². The van der Waals surface area contributed by atoms with Crippen molar-refractivity contribution in [2.45, 2.75) is 47.1 Å². The summed E-state index contributed by atoms with van der Waals surface area (Å²) in [7, 11) is 2.03. The van der Waals surface area contributed by atoms with Crippen molar-refractivity contribution in [1.82, 2.24) is 5.32 Å². The highest BCUT2D eigenvalue weighted by Crippen LogP contribution is 2.19. The average Bonchev–Trinajstić information content (AvgIpc) is 2.11. The first-order valence-electron chi connectivity index (χ1n) is 5.40. The topological polar surface area (TPSA) is 12.0 Å². The largest absolute Gasteiger partial charge is 0.317 e. The first kappa shape index (κ1) is 12.7. The third kappa shape index (κ3) is 4.47. The van der Waals surface area contributed by atoms with E-state index < -0.39 is 0 Å². The molecule has 0 aliphatic carbocycles. The van der Waals surface area contributed by atoms with Gasteiger partial charge in [0.15, 0.2) is 0 Å². The molecule has 0 saturated heterocycles. The minimum Gasteiger partial charge on any atom is -0.317 e. The van der Waals surface area contributed by atoms with Crippen LogP contribution >= 0.6 is 0 Å². The molecule has 0 amide bonds. The molecule has 1 heteroatoms. The highest BCUT2D eigenvalue weighted by molar-refractivity contribution is 5.08. The van der Waals surface area contributed by atoms with Crippen LogP contribution in [0.1, 0.15) is 41.0 Å². The lowest BCUT2D eigenvalue weighted by molar-refractivity contribution is 0.467. The van der Waals surface area contributed by atoms with Crippen LogP contribution < -0.4 is 5.32 Å². The number of rotatable bonds is 5. The zero-order chi connectivity index (χ0) is 10.4. The average molecular weight is 183 g/mol. The first-order chi connectivity index (χ1) is 6.02. The Kier molecular flexibility index (Phi) is 6.06. The molecule has 0 spiro atoms. The van der Waals surface area contributed by atoms with Gasteiger partial charge in [-0.3, -0.25) is 0 Å². The molecule has 13 heavy (non-hydrogen) atoms. The molecule has 1 nitrogen and oxygen atoms in total. The van der Waals surface area contributed by atoms with Gasteiger partial charge in [-0.25, -0.2) is 0 Å². The molecular weight excluding hydrogens is 158 g/mol. The van der Waals surface area contributed by atoms with E-state index in [0.29, 0.717) is 17.9 Å². The van der Waals surface area contributed by atoms with Gasteiger partial charge >= 0.3 is 0 Å². The summed E-state index contributed by atoms with van der Waals surface area (Å²) >= 11 is 0. The van der Waals surface area contributed by atoms with E-state index in [1.54, 1.807) is 5.57 Å². The molecule has 2 unspecified atom stereocenters. The molecule has 78 valence electrons. The van der Waals surface area contributed by atoms with Crippen molar-refractivity contribution in [2.24, 2.45) is 11.8 Å². The fraction of sp³-hybridized carbons (Fsp3) is 0.833. The van der Waals surface area contributed by atoms with Crippen LogP contribution in [0.25, 0.3) is 0 Å². The number of nitrogens with one attached hydrogen (secondary N) is 1. The van der Waals surface area contributed by atoms with E-state index >= 15 is 0 Å². The van der Waals surface area contributed by atoms with E-state index in [0.717, 1.165) is 0 Å². The van der Waals surface area contributed by atoms with Gasteiger partial charge < -0.3 is 5.32 Å². The van der Waals surface area contributed by atoms with Gasteiger partial charge in [0.1, 0.15) is 0 Å². The molecular formula is C12H25N. The molecule has 0 saturated carbocycles. The summed E-state index contributed by atoms with van der Waals surface area (Å²) in [6.07, 6.45) is 3.57. The van der Waals surface area contributed by atoms with Crippen LogP contribution in [-0.2, 0) is 0 Å². The molecule has 0 radical (unpaired) electrons. The van der Waals surface area contributed by atoms with Crippen LogP contribution in [0.4, 0.5) is 0 Å². The van der Waals surface area contributed by atoms with Crippen molar-refractivity contribution in [2.75, 3.05) is 7.05 Å². The van der Waals surface area contributed by atoms with Crippen molar-refractivity contribution in [3.63, 3.8) is 0 Å². The van der Waals surface area contributed by atoms with Crippen molar-refractivity contribution in [3.05, 3.63) is 11.6 Å². The highest BCUT2D eigenvalue weighted by Gasteiger charge is 2.13. The third-order valence-corrected chi connectivity index (χ3v) is 2.75. The van der Waals surface area contributed by atoms with E-state index in [9.17, 15) is 0 Å². The fourth-order valence-electron chi connectivity index (χ4n) is 1.59. The van der Waals surface area contributed by atoms with Crippen LogP contribution in [0.15, 0.2) is 11.6 Å². The predicted octanol–water partition coefficient (Wildman–Crippen LogP) is 3.22. The number of allylic oxidation sites excluding steroid dienone is 1. The molecule has 0 aromatic heterocycles. The van der Waals surface area contributed by atoms with Gasteiger partial charge in [-0.05, 0) is 32.2 Å². The van der Waals surface area contributed by atoms with E-state index in [2.05, 4.69) is 46.0 Å². The quantitative estimate of drug-likeness (QED) is 0.645. The van der Waals surface area contributed by atoms with Gasteiger partial charge in [0.05, 0.1) is 0 Å². The molecule has 0 aromatic carbocycles. The monoisotopic (exact) mass is 183 g/mol. The molecule has 0 rings (SSSR count). The Hall–Kier alpha value is -0.300. The summed E-state index contributed by atoms with van der Waals surface area (Å²) in [6.45, 7) is 11.3. The zero-order valence-corrected chi connectivity index (χ0v) is 10.0. The Balaban J connectivity index is 4.39. The van der Waals surface area contributed by atoms with Gasteiger partial charge in [0.2, 0.25) is 0 Å². The van der Waals surface area contributed by atoms with E-state index in [1.807, 2.05) is 7.05 Å². The lowest BCUT2D eigenvalue weighted by atomic mass is 9.90. The third-order valence-electron chi connectivity index (χ3n) is 2.75. The Morgan fingerprint density at radius 1 is 1.23 bits per heavy atom. The second-order valence-electron chi connectivity index (χ2n) is 4.21. The van der Waals surface area contributed by atoms with E-state index in [-0.39, 0.29) is 0 Å². The van der Waals surface area contributed by atoms with Crippen molar-refractivity contribution in [1.29, 1.82) is 0 Å². The van der Waals surface area contributed by atoms with Crippen LogP contribution in [-0.4, -0.2) is 13.1 Å². The second-order valence-corrected chi connectivity index (χ2v) is 4.21. The van der Waals surface area contributed by atoms with Gasteiger partial charge in [-0.15, -0.1) is 0 Å². The molecule has 1 N–H and O–H groups in total. The summed E-state index contributed by atoms with van der Waals surface area (Å²) < 4.78 is 0. The summed E-state index contributed by atoms with van der Waals surface area (Å²) in [4.78, 5) is 0. The Morgan fingerprint density at radius 3 is 2.08 bits per heavy atom. The van der Waals surface area contributed by atoms with Gasteiger partial charge in [-0.1, -0.05) is 39.3 Å². The summed E-state index contributed by atoms with van der Waals surface area (Å²) in [5, 5.41) is 3.31. The van der Waals surface area contributed by atoms with E-state index in [1.165, 1.54) is 6.42 Å². The number of hydrogen-bond donors (Lipinski definition) is 1.